The van der Waals surface area contributed by atoms with Gasteiger partial charge in [0.2, 0.25) is 0 Å². The standard InChI is InChI=1S/C15H12Br2Cl2O2/c1-20-12-6-5-10(15(21-2)13(12)17)14(19)9-4-3-8(16)7-11(9)18/h3-7,14H,1-2H3. The molecule has 0 radical (unpaired) electrons. The molecule has 2 aromatic rings. The summed E-state index contributed by atoms with van der Waals surface area (Å²) in [5, 5.41) is 0.168. The Hall–Kier alpha value is -0.420. The smallest absolute Gasteiger partial charge is 0.141 e. The number of hydrogen-bond donors (Lipinski definition) is 0. The number of hydrogen-bond acceptors (Lipinski definition) is 2. The Morgan fingerprint density at radius 1 is 1.00 bits per heavy atom. The van der Waals surface area contributed by atoms with Gasteiger partial charge < -0.3 is 9.47 Å². The van der Waals surface area contributed by atoms with Crippen LogP contribution in [0.25, 0.3) is 0 Å². The summed E-state index contributed by atoms with van der Waals surface area (Å²) in [4.78, 5) is 0. The van der Waals surface area contributed by atoms with Crippen molar-refractivity contribution in [3.8, 4) is 11.5 Å². The van der Waals surface area contributed by atoms with E-state index in [1.54, 1.807) is 14.2 Å². The van der Waals surface area contributed by atoms with Gasteiger partial charge in [0.15, 0.2) is 0 Å². The average molecular weight is 455 g/mol. The fourth-order valence-electron chi connectivity index (χ4n) is 1.99. The minimum absolute atomic E-state index is 0.428. The summed E-state index contributed by atoms with van der Waals surface area (Å²) >= 11 is 19.7. The highest BCUT2D eigenvalue weighted by Crippen LogP contribution is 2.44. The van der Waals surface area contributed by atoms with Crippen molar-refractivity contribution >= 4 is 55.1 Å². The Kier molecular flexibility index (Phi) is 5.83. The lowest BCUT2D eigenvalue weighted by Gasteiger charge is -2.18. The van der Waals surface area contributed by atoms with Gasteiger partial charge in [-0.25, -0.2) is 0 Å². The molecule has 1 atom stereocenters. The second kappa shape index (κ2) is 7.23. The Bertz CT molecular complexity index is 662. The molecule has 0 aromatic heterocycles. The van der Waals surface area contributed by atoms with Crippen LogP contribution < -0.4 is 9.47 Å². The number of methoxy groups -OCH3 is 2. The quantitative estimate of drug-likeness (QED) is 0.511. The van der Waals surface area contributed by atoms with Crippen molar-refractivity contribution in [2.45, 2.75) is 5.38 Å². The first-order chi connectivity index (χ1) is 9.99. The Labute approximate surface area is 150 Å². The molecule has 0 aliphatic rings. The van der Waals surface area contributed by atoms with Crippen molar-refractivity contribution in [1.29, 1.82) is 0 Å². The Morgan fingerprint density at radius 3 is 2.24 bits per heavy atom. The van der Waals surface area contributed by atoms with Crippen LogP contribution in [0.15, 0.2) is 39.3 Å². The molecule has 2 nitrogen and oxygen atoms in total. The second-order valence-electron chi connectivity index (χ2n) is 4.23. The van der Waals surface area contributed by atoms with Gasteiger partial charge in [-0.1, -0.05) is 33.6 Å². The van der Waals surface area contributed by atoms with E-state index in [0.717, 1.165) is 20.1 Å². The van der Waals surface area contributed by atoms with E-state index in [1.165, 1.54) is 0 Å². The van der Waals surface area contributed by atoms with Gasteiger partial charge in [0, 0.05) is 15.1 Å². The van der Waals surface area contributed by atoms with E-state index in [2.05, 4.69) is 31.9 Å². The number of halogens is 4. The van der Waals surface area contributed by atoms with Gasteiger partial charge in [0.05, 0.1) is 19.6 Å². The molecule has 112 valence electrons. The third-order valence-corrected chi connectivity index (χ3v) is 5.07. The molecule has 0 saturated heterocycles. The van der Waals surface area contributed by atoms with Crippen molar-refractivity contribution in [3.05, 3.63) is 55.4 Å². The van der Waals surface area contributed by atoms with Crippen molar-refractivity contribution in [1.82, 2.24) is 0 Å². The monoisotopic (exact) mass is 452 g/mol. The number of alkyl halides is 1. The van der Waals surface area contributed by atoms with E-state index in [0.29, 0.717) is 16.5 Å². The van der Waals surface area contributed by atoms with E-state index in [1.807, 2.05) is 30.3 Å². The molecule has 0 saturated carbocycles. The zero-order valence-electron chi connectivity index (χ0n) is 11.3. The van der Waals surface area contributed by atoms with Crippen LogP contribution in [0, 0.1) is 0 Å². The molecule has 2 rings (SSSR count). The van der Waals surface area contributed by atoms with Crippen LogP contribution in [0.5, 0.6) is 11.5 Å². The normalized spacial score (nSPS) is 12.1. The van der Waals surface area contributed by atoms with Crippen molar-refractivity contribution in [3.63, 3.8) is 0 Å². The maximum absolute atomic E-state index is 6.60. The fourth-order valence-corrected chi connectivity index (χ4v) is 3.88. The number of ether oxygens (including phenoxy) is 2. The van der Waals surface area contributed by atoms with Crippen LogP contribution in [-0.2, 0) is 0 Å². The zero-order chi connectivity index (χ0) is 15.6. The third-order valence-electron chi connectivity index (χ3n) is 3.02. The molecule has 0 spiro atoms. The fraction of sp³-hybridized carbons (Fsp3) is 0.200. The van der Waals surface area contributed by atoms with Gasteiger partial charge in [-0.3, -0.25) is 0 Å². The highest BCUT2D eigenvalue weighted by atomic mass is 79.9. The highest BCUT2D eigenvalue weighted by Gasteiger charge is 2.22. The minimum atomic E-state index is -0.428. The molecule has 0 amide bonds. The SMILES string of the molecule is COc1ccc(C(Cl)c2ccc(Br)cc2Cl)c(OC)c1Br. The molecule has 1 unspecified atom stereocenters. The summed E-state index contributed by atoms with van der Waals surface area (Å²) in [7, 11) is 3.19. The zero-order valence-corrected chi connectivity index (χ0v) is 16.0. The molecular weight excluding hydrogens is 443 g/mol. The van der Waals surface area contributed by atoms with Gasteiger partial charge in [0.1, 0.15) is 16.0 Å². The van der Waals surface area contributed by atoms with Crippen molar-refractivity contribution in [2.75, 3.05) is 14.2 Å². The lowest BCUT2D eigenvalue weighted by molar-refractivity contribution is 0.386. The van der Waals surface area contributed by atoms with E-state index in [9.17, 15) is 0 Å². The van der Waals surface area contributed by atoms with E-state index in [-0.39, 0.29) is 0 Å². The van der Waals surface area contributed by atoms with Crippen LogP contribution >= 0.6 is 55.1 Å². The first-order valence-corrected chi connectivity index (χ1v) is 8.39. The van der Waals surface area contributed by atoms with Gasteiger partial charge >= 0.3 is 0 Å². The lowest BCUT2D eigenvalue weighted by atomic mass is 10.0. The van der Waals surface area contributed by atoms with Crippen LogP contribution in [0.2, 0.25) is 5.02 Å². The summed E-state index contributed by atoms with van der Waals surface area (Å²) < 4.78 is 12.4. The molecule has 0 aliphatic carbocycles. The van der Waals surface area contributed by atoms with Gasteiger partial charge in [-0.05, 0) is 45.8 Å². The molecule has 0 aliphatic heterocycles. The summed E-state index contributed by atoms with van der Waals surface area (Å²) in [5.41, 5.74) is 1.63. The van der Waals surface area contributed by atoms with Crippen LogP contribution in [-0.4, -0.2) is 14.2 Å². The summed E-state index contributed by atoms with van der Waals surface area (Å²) in [6.45, 7) is 0. The maximum atomic E-state index is 6.60. The molecule has 21 heavy (non-hydrogen) atoms. The molecule has 6 heteroatoms. The first-order valence-electron chi connectivity index (χ1n) is 5.99. The predicted octanol–water partition coefficient (Wildman–Crippen LogP) is 6.21. The molecule has 2 aromatic carbocycles. The largest absolute Gasteiger partial charge is 0.495 e. The van der Waals surface area contributed by atoms with Crippen LogP contribution in [0.1, 0.15) is 16.5 Å². The minimum Gasteiger partial charge on any atom is -0.495 e. The second-order valence-corrected chi connectivity index (χ2v) is 6.78. The van der Waals surface area contributed by atoms with Gasteiger partial charge in [-0.15, -0.1) is 11.6 Å². The first kappa shape index (κ1) is 16.9. The van der Waals surface area contributed by atoms with Crippen molar-refractivity contribution < 1.29 is 9.47 Å². The Morgan fingerprint density at radius 2 is 1.67 bits per heavy atom. The van der Waals surface area contributed by atoms with Gasteiger partial charge in [0.25, 0.3) is 0 Å². The molecular formula is C15H12Br2Cl2O2. The third kappa shape index (κ3) is 3.50. The number of rotatable bonds is 4. The topological polar surface area (TPSA) is 18.5 Å². The molecule has 0 bridgehead atoms. The summed E-state index contributed by atoms with van der Waals surface area (Å²) in [6, 6.07) is 9.32. The van der Waals surface area contributed by atoms with E-state index >= 15 is 0 Å². The number of benzene rings is 2. The highest BCUT2D eigenvalue weighted by molar-refractivity contribution is 9.11. The average Bonchev–Trinajstić information content (AvgIpc) is 2.46. The summed E-state index contributed by atoms with van der Waals surface area (Å²) in [6.07, 6.45) is 0. The molecule has 0 fully saturated rings. The summed E-state index contributed by atoms with van der Waals surface area (Å²) in [5.74, 6) is 1.31. The van der Waals surface area contributed by atoms with Crippen LogP contribution in [0.4, 0.5) is 0 Å². The maximum Gasteiger partial charge on any atom is 0.141 e. The van der Waals surface area contributed by atoms with E-state index < -0.39 is 5.38 Å². The lowest BCUT2D eigenvalue weighted by Crippen LogP contribution is -2.00. The molecule has 0 heterocycles. The van der Waals surface area contributed by atoms with Crippen LogP contribution in [0.3, 0.4) is 0 Å². The van der Waals surface area contributed by atoms with E-state index in [4.69, 9.17) is 32.7 Å². The Balaban J connectivity index is 2.52. The molecule has 0 N–H and O–H groups in total. The van der Waals surface area contributed by atoms with Crippen molar-refractivity contribution in [2.24, 2.45) is 0 Å². The van der Waals surface area contributed by atoms with Gasteiger partial charge in [-0.2, -0.15) is 0 Å². The predicted molar refractivity (Wildman–Crippen MR) is 94.1 cm³/mol.